The summed E-state index contributed by atoms with van der Waals surface area (Å²) in [4.78, 5) is 13.8. The van der Waals surface area contributed by atoms with E-state index in [1.165, 1.54) is 0 Å². The predicted octanol–water partition coefficient (Wildman–Crippen LogP) is 0.635. The van der Waals surface area contributed by atoms with E-state index < -0.39 is 0 Å². The smallest absolute Gasteiger partial charge is 0.152 e. The number of Topliss-reactive ketones (excluding diaryl/α,β-unsaturated/α-hetero) is 1. The molecule has 0 spiro atoms. The van der Waals surface area contributed by atoms with E-state index >= 15 is 0 Å². The zero-order chi connectivity index (χ0) is 10.1. The average molecular weight is 184 g/mol. The maximum Gasteiger partial charge on any atom is 0.152 e. The third-order valence-corrected chi connectivity index (χ3v) is 2.51. The third kappa shape index (κ3) is 3.08. The molecule has 1 aliphatic heterocycles. The minimum atomic E-state index is -0.216. The molecule has 0 aromatic heterocycles. The van der Waals surface area contributed by atoms with E-state index in [9.17, 15) is 4.79 Å². The highest BCUT2D eigenvalue weighted by Gasteiger charge is 2.26. The Bertz CT molecular complexity index is 196. The van der Waals surface area contributed by atoms with E-state index in [2.05, 4.69) is 4.90 Å². The molecule has 1 rings (SSSR count). The normalized spacial score (nSPS) is 25.1. The minimum Gasteiger partial charge on any atom is -0.326 e. The Morgan fingerprint density at radius 2 is 2.15 bits per heavy atom. The van der Waals surface area contributed by atoms with Gasteiger partial charge in [0.25, 0.3) is 0 Å². The highest BCUT2D eigenvalue weighted by Crippen LogP contribution is 2.16. The first-order chi connectivity index (χ1) is 5.89. The highest BCUT2D eigenvalue weighted by molar-refractivity contribution is 5.85. The Kier molecular flexibility index (Phi) is 3.09. The molecular weight excluding hydrogens is 164 g/mol. The third-order valence-electron chi connectivity index (χ3n) is 2.51. The van der Waals surface area contributed by atoms with Crippen molar-refractivity contribution in [1.82, 2.24) is 4.90 Å². The van der Waals surface area contributed by atoms with Gasteiger partial charge >= 0.3 is 0 Å². The van der Waals surface area contributed by atoms with Crippen LogP contribution in [0.5, 0.6) is 0 Å². The maximum atomic E-state index is 11.6. The number of rotatable bonds is 2. The van der Waals surface area contributed by atoms with Gasteiger partial charge in [0.15, 0.2) is 5.78 Å². The number of nitrogens with zero attached hydrogens (tertiary/aromatic N) is 1. The number of hydrogen-bond acceptors (Lipinski definition) is 3. The van der Waals surface area contributed by atoms with E-state index in [-0.39, 0.29) is 11.5 Å². The summed E-state index contributed by atoms with van der Waals surface area (Å²) in [6.45, 7) is 8.31. The fraction of sp³-hybridized carbons (Fsp3) is 0.900. The Morgan fingerprint density at radius 3 is 2.54 bits per heavy atom. The molecule has 76 valence electrons. The van der Waals surface area contributed by atoms with Crippen LogP contribution in [0.3, 0.4) is 0 Å². The average Bonchev–Trinajstić information content (AvgIpc) is 2.33. The van der Waals surface area contributed by atoms with Crippen molar-refractivity contribution in [2.75, 3.05) is 19.6 Å². The Morgan fingerprint density at radius 1 is 1.54 bits per heavy atom. The fourth-order valence-corrected chi connectivity index (χ4v) is 1.45. The number of carbonyl (C=O) groups is 1. The van der Waals surface area contributed by atoms with Gasteiger partial charge in [-0.25, -0.2) is 0 Å². The van der Waals surface area contributed by atoms with Crippen LogP contribution in [0.2, 0.25) is 0 Å². The molecule has 0 aromatic carbocycles. The summed E-state index contributed by atoms with van der Waals surface area (Å²) >= 11 is 0. The lowest BCUT2D eigenvalue weighted by atomic mass is 9.90. The molecule has 1 saturated heterocycles. The number of likely N-dealkylation sites (tertiary alicyclic amines) is 1. The highest BCUT2D eigenvalue weighted by atomic mass is 16.1. The molecule has 0 aliphatic carbocycles. The van der Waals surface area contributed by atoms with E-state index in [0.717, 1.165) is 19.5 Å². The van der Waals surface area contributed by atoms with Crippen molar-refractivity contribution in [3.8, 4) is 0 Å². The Hall–Kier alpha value is -0.410. The van der Waals surface area contributed by atoms with Crippen molar-refractivity contribution in [3.63, 3.8) is 0 Å². The van der Waals surface area contributed by atoms with Crippen LogP contribution in [0, 0.1) is 5.41 Å². The summed E-state index contributed by atoms with van der Waals surface area (Å²) in [6, 6.07) is 0.271. The van der Waals surface area contributed by atoms with E-state index in [0.29, 0.717) is 12.3 Å². The van der Waals surface area contributed by atoms with E-state index in [1.54, 1.807) is 0 Å². The minimum absolute atomic E-state index is 0.216. The zero-order valence-electron chi connectivity index (χ0n) is 8.84. The Balaban J connectivity index is 2.37. The summed E-state index contributed by atoms with van der Waals surface area (Å²) in [5, 5.41) is 0. The molecule has 2 N–H and O–H groups in total. The van der Waals surface area contributed by atoms with Gasteiger partial charge in [-0.2, -0.15) is 0 Å². The molecule has 0 unspecified atom stereocenters. The second-order valence-electron chi connectivity index (χ2n) is 4.96. The lowest BCUT2D eigenvalue weighted by molar-refractivity contribution is -0.127. The van der Waals surface area contributed by atoms with E-state index in [4.69, 9.17) is 5.73 Å². The largest absolute Gasteiger partial charge is 0.326 e. The van der Waals surface area contributed by atoms with Crippen LogP contribution in [0.4, 0.5) is 0 Å². The molecule has 1 aliphatic rings. The molecule has 1 fully saturated rings. The zero-order valence-corrected chi connectivity index (χ0v) is 8.84. The van der Waals surface area contributed by atoms with Crippen LogP contribution >= 0.6 is 0 Å². The van der Waals surface area contributed by atoms with Crippen molar-refractivity contribution in [2.45, 2.75) is 33.2 Å². The molecule has 0 radical (unpaired) electrons. The van der Waals surface area contributed by atoms with Crippen LogP contribution in [0.25, 0.3) is 0 Å². The fourth-order valence-electron chi connectivity index (χ4n) is 1.45. The van der Waals surface area contributed by atoms with Gasteiger partial charge in [-0.3, -0.25) is 9.69 Å². The van der Waals surface area contributed by atoms with Crippen molar-refractivity contribution >= 4 is 5.78 Å². The number of hydrogen-bond donors (Lipinski definition) is 1. The van der Waals surface area contributed by atoms with Crippen LogP contribution < -0.4 is 5.73 Å². The van der Waals surface area contributed by atoms with Gasteiger partial charge in [-0.1, -0.05) is 20.8 Å². The quantitative estimate of drug-likeness (QED) is 0.685. The molecule has 0 amide bonds. The van der Waals surface area contributed by atoms with Crippen molar-refractivity contribution in [2.24, 2.45) is 11.1 Å². The van der Waals surface area contributed by atoms with Gasteiger partial charge in [0.1, 0.15) is 0 Å². The van der Waals surface area contributed by atoms with Crippen LogP contribution in [-0.4, -0.2) is 36.4 Å². The van der Waals surface area contributed by atoms with Crippen molar-refractivity contribution < 1.29 is 4.79 Å². The van der Waals surface area contributed by atoms with Crippen LogP contribution in [-0.2, 0) is 4.79 Å². The molecule has 1 heterocycles. The first kappa shape index (κ1) is 10.7. The molecule has 13 heavy (non-hydrogen) atoms. The van der Waals surface area contributed by atoms with Crippen LogP contribution in [0.15, 0.2) is 0 Å². The lowest BCUT2D eigenvalue weighted by Gasteiger charge is -2.21. The molecule has 0 aromatic rings. The topological polar surface area (TPSA) is 46.3 Å². The molecular formula is C10H20N2O. The summed E-state index contributed by atoms with van der Waals surface area (Å²) in [5.41, 5.74) is 5.54. The summed E-state index contributed by atoms with van der Waals surface area (Å²) in [7, 11) is 0. The summed E-state index contributed by atoms with van der Waals surface area (Å²) in [6.07, 6.45) is 1.03. The van der Waals surface area contributed by atoms with Gasteiger partial charge in [-0.05, 0) is 6.42 Å². The SMILES string of the molecule is CC(C)(C)C(=O)CN1CC[C@@H](N)C1. The van der Waals surface area contributed by atoms with Crippen LogP contribution in [0.1, 0.15) is 27.2 Å². The molecule has 3 heteroatoms. The molecule has 0 bridgehead atoms. The Labute approximate surface area is 80.3 Å². The molecule has 0 saturated carbocycles. The first-order valence-electron chi connectivity index (χ1n) is 4.91. The summed E-state index contributed by atoms with van der Waals surface area (Å²) < 4.78 is 0. The van der Waals surface area contributed by atoms with Gasteiger partial charge in [0, 0.05) is 24.5 Å². The van der Waals surface area contributed by atoms with Gasteiger partial charge in [0.2, 0.25) is 0 Å². The lowest BCUT2D eigenvalue weighted by Crippen LogP contribution is -2.36. The molecule has 1 atom stereocenters. The second-order valence-corrected chi connectivity index (χ2v) is 4.96. The second kappa shape index (κ2) is 3.76. The standard InChI is InChI=1S/C10H20N2O/c1-10(2,3)9(13)7-12-5-4-8(11)6-12/h8H,4-7,11H2,1-3H3/t8-/m1/s1. The van der Waals surface area contributed by atoms with Gasteiger partial charge in [-0.15, -0.1) is 0 Å². The number of carbonyl (C=O) groups excluding carboxylic acids is 1. The molecule has 3 nitrogen and oxygen atoms in total. The maximum absolute atomic E-state index is 11.6. The summed E-state index contributed by atoms with van der Waals surface area (Å²) in [5.74, 6) is 0.307. The number of ketones is 1. The van der Waals surface area contributed by atoms with Gasteiger partial charge in [0.05, 0.1) is 6.54 Å². The first-order valence-corrected chi connectivity index (χ1v) is 4.91. The van der Waals surface area contributed by atoms with Crippen molar-refractivity contribution in [3.05, 3.63) is 0 Å². The van der Waals surface area contributed by atoms with Crippen molar-refractivity contribution in [1.29, 1.82) is 0 Å². The van der Waals surface area contributed by atoms with Gasteiger partial charge < -0.3 is 5.73 Å². The predicted molar refractivity (Wildman–Crippen MR) is 53.5 cm³/mol. The van der Waals surface area contributed by atoms with E-state index in [1.807, 2.05) is 20.8 Å². The number of nitrogens with two attached hydrogens (primary N) is 1. The monoisotopic (exact) mass is 184 g/mol.